The number of nitrogens with zero attached hydrogens (tertiary/aromatic N) is 1. The highest BCUT2D eigenvalue weighted by Gasteiger charge is 2.11. The van der Waals surface area contributed by atoms with Crippen molar-refractivity contribution in [1.82, 2.24) is 10.5 Å². The second-order valence-electron chi connectivity index (χ2n) is 4.41. The third-order valence-electron chi connectivity index (χ3n) is 2.63. The second-order valence-corrected chi connectivity index (χ2v) is 4.41. The van der Waals surface area contributed by atoms with Gasteiger partial charge in [-0.3, -0.25) is 9.59 Å². The van der Waals surface area contributed by atoms with E-state index in [0.717, 1.165) is 6.42 Å². The van der Waals surface area contributed by atoms with Crippen molar-refractivity contribution in [2.75, 3.05) is 6.54 Å². The highest BCUT2D eigenvalue weighted by atomic mass is 16.5. The molecule has 2 N–H and O–H groups in total. The van der Waals surface area contributed by atoms with E-state index < -0.39 is 5.97 Å². The third-order valence-corrected chi connectivity index (χ3v) is 2.63. The monoisotopic (exact) mass is 254 g/mol. The van der Waals surface area contributed by atoms with Crippen molar-refractivity contribution in [2.24, 2.45) is 5.92 Å². The molecule has 1 aromatic rings. The molecule has 1 rings (SSSR count). The van der Waals surface area contributed by atoms with Crippen LogP contribution in [0.5, 0.6) is 0 Å². The quantitative estimate of drug-likeness (QED) is 0.771. The number of aromatic nitrogens is 1. The standard InChI is InChI=1S/C12H18N2O4/c1-8(3-4-11(15)16)5-6-13-12(17)10-7-9(2)14-18-10/h7-8H,3-6H2,1-2H3,(H,13,17)(H,15,16). The first-order valence-corrected chi connectivity index (χ1v) is 5.92. The summed E-state index contributed by atoms with van der Waals surface area (Å²) in [7, 11) is 0. The lowest BCUT2D eigenvalue weighted by Gasteiger charge is -2.09. The molecule has 0 aliphatic carbocycles. The minimum atomic E-state index is -0.789. The molecule has 0 fully saturated rings. The molecule has 0 radical (unpaired) electrons. The number of rotatable bonds is 7. The molecule has 18 heavy (non-hydrogen) atoms. The molecule has 0 saturated heterocycles. The molecule has 0 aromatic carbocycles. The van der Waals surface area contributed by atoms with Crippen molar-refractivity contribution in [3.63, 3.8) is 0 Å². The lowest BCUT2D eigenvalue weighted by molar-refractivity contribution is -0.137. The van der Waals surface area contributed by atoms with Crippen LogP contribution in [0.1, 0.15) is 42.4 Å². The van der Waals surface area contributed by atoms with E-state index in [4.69, 9.17) is 9.63 Å². The fraction of sp³-hybridized carbons (Fsp3) is 0.583. The molecule has 6 heteroatoms. The number of carboxylic acids is 1. The predicted octanol–water partition coefficient (Wildman–Crippen LogP) is 1.60. The molecule has 1 unspecified atom stereocenters. The van der Waals surface area contributed by atoms with Crippen molar-refractivity contribution in [2.45, 2.75) is 33.1 Å². The van der Waals surface area contributed by atoms with Crippen LogP contribution in [0.3, 0.4) is 0 Å². The van der Waals surface area contributed by atoms with E-state index >= 15 is 0 Å². The smallest absolute Gasteiger partial charge is 0.303 e. The Kier molecular flexibility index (Phi) is 5.35. The van der Waals surface area contributed by atoms with Gasteiger partial charge in [-0.15, -0.1) is 0 Å². The number of carbonyl (C=O) groups is 2. The summed E-state index contributed by atoms with van der Waals surface area (Å²) >= 11 is 0. The molecule has 1 aromatic heterocycles. The van der Waals surface area contributed by atoms with Gasteiger partial charge in [0.25, 0.3) is 5.91 Å². The topological polar surface area (TPSA) is 92.4 Å². The molecule has 0 saturated carbocycles. The van der Waals surface area contributed by atoms with Gasteiger partial charge in [0.2, 0.25) is 5.76 Å². The van der Waals surface area contributed by atoms with Crippen molar-refractivity contribution in [3.8, 4) is 0 Å². The van der Waals surface area contributed by atoms with Gasteiger partial charge in [-0.2, -0.15) is 0 Å². The minimum Gasteiger partial charge on any atom is -0.481 e. The van der Waals surface area contributed by atoms with Gasteiger partial charge in [0.05, 0.1) is 5.69 Å². The number of amides is 1. The molecular weight excluding hydrogens is 236 g/mol. The first kappa shape index (κ1) is 14.2. The number of aliphatic carboxylic acids is 1. The molecule has 0 bridgehead atoms. The molecule has 6 nitrogen and oxygen atoms in total. The largest absolute Gasteiger partial charge is 0.481 e. The minimum absolute atomic E-state index is 0.163. The van der Waals surface area contributed by atoms with Crippen LogP contribution in [-0.2, 0) is 4.79 Å². The SMILES string of the molecule is Cc1cc(C(=O)NCCC(C)CCC(=O)O)on1. The summed E-state index contributed by atoms with van der Waals surface area (Å²) in [5.41, 5.74) is 0.662. The van der Waals surface area contributed by atoms with E-state index in [-0.39, 0.29) is 24.0 Å². The van der Waals surface area contributed by atoms with Gasteiger partial charge in [0, 0.05) is 19.0 Å². The Balaban J connectivity index is 2.21. The van der Waals surface area contributed by atoms with Gasteiger partial charge in [0.15, 0.2) is 0 Å². The highest BCUT2D eigenvalue weighted by Crippen LogP contribution is 2.09. The summed E-state index contributed by atoms with van der Waals surface area (Å²) in [6.45, 7) is 4.21. The van der Waals surface area contributed by atoms with Crippen LogP contribution in [0.4, 0.5) is 0 Å². The van der Waals surface area contributed by atoms with E-state index in [0.29, 0.717) is 18.7 Å². The highest BCUT2D eigenvalue weighted by molar-refractivity contribution is 5.91. The Morgan fingerprint density at radius 1 is 1.50 bits per heavy atom. The maximum Gasteiger partial charge on any atom is 0.303 e. The number of nitrogens with one attached hydrogen (secondary N) is 1. The van der Waals surface area contributed by atoms with Crippen LogP contribution < -0.4 is 5.32 Å². The maximum absolute atomic E-state index is 11.6. The first-order valence-electron chi connectivity index (χ1n) is 5.92. The van der Waals surface area contributed by atoms with E-state index in [1.54, 1.807) is 13.0 Å². The molecule has 0 aliphatic heterocycles. The summed E-state index contributed by atoms with van der Waals surface area (Å²) < 4.78 is 4.82. The lowest BCUT2D eigenvalue weighted by Crippen LogP contribution is -2.25. The fourth-order valence-electron chi connectivity index (χ4n) is 1.50. The molecular formula is C12H18N2O4. The van der Waals surface area contributed by atoms with Crippen molar-refractivity contribution in [3.05, 3.63) is 17.5 Å². The fourth-order valence-corrected chi connectivity index (χ4v) is 1.50. The van der Waals surface area contributed by atoms with Gasteiger partial charge < -0.3 is 14.9 Å². The summed E-state index contributed by atoms with van der Waals surface area (Å²) in [5, 5.41) is 14.9. The number of carbonyl (C=O) groups excluding carboxylic acids is 1. The summed E-state index contributed by atoms with van der Waals surface area (Å²) in [5.74, 6) is -0.618. The number of hydrogen-bond donors (Lipinski definition) is 2. The van der Waals surface area contributed by atoms with Crippen LogP contribution in [-0.4, -0.2) is 28.7 Å². The van der Waals surface area contributed by atoms with E-state index in [9.17, 15) is 9.59 Å². The number of hydrogen-bond acceptors (Lipinski definition) is 4. The van der Waals surface area contributed by atoms with E-state index in [1.165, 1.54) is 0 Å². The maximum atomic E-state index is 11.6. The van der Waals surface area contributed by atoms with Gasteiger partial charge in [-0.05, 0) is 25.7 Å². The Bertz CT molecular complexity index is 414. The molecule has 0 aliphatic rings. The first-order chi connectivity index (χ1) is 8.49. The lowest BCUT2D eigenvalue weighted by atomic mass is 10.0. The number of aryl methyl sites for hydroxylation is 1. The Morgan fingerprint density at radius 3 is 2.78 bits per heavy atom. The average Bonchev–Trinajstić information content (AvgIpc) is 2.73. The van der Waals surface area contributed by atoms with E-state index in [2.05, 4.69) is 10.5 Å². The summed E-state index contributed by atoms with van der Waals surface area (Å²) in [6.07, 6.45) is 1.52. The zero-order valence-electron chi connectivity index (χ0n) is 10.6. The number of carboxylic acid groups (broad SMARTS) is 1. The summed E-state index contributed by atoms with van der Waals surface area (Å²) in [6, 6.07) is 1.57. The van der Waals surface area contributed by atoms with Crippen LogP contribution in [0.15, 0.2) is 10.6 Å². The second kappa shape index (κ2) is 6.78. The molecule has 1 amide bonds. The van der Waals surface area contributed by atoms with Gasteiger partial charge in [-0.1, -0.05) is 12.1 Å². The molecule has 100 valence electrons. The Morgan fingerprint density at radius 2 is 2.22 bits per heavy atom. The van der Waals surface area contributed by atoms with Crippen LogP contribution in [0.2, 0.25) is 0 Å². The third kappa shape index (κ3) is 4.99. The van der Waals surface area contributed by atoms with Crippen LogP contribution in [0, 0.1) is 12.8 Å². The Labute approximate surface area is 105 Å². The average molecular weight is 254 g/mol. The van der Waals surface area contributed by atoms with Gasteiger partial charge in [0.1, 0.15) is 0 Å². The van der Waals surface area contributed by atoms with E-state index in [1.807, 2.05) is 6.92 Å². The molecule has 1 heterocycles. The van der Waals surface area contributed by atoms with Crippen molar-refractivity contribution in [1.29, 1.82) is 0 Å². The van der Waals surface area contributed by atoms with Crippen LogP contribution >= 0.6 is 0 Å². The zero-order chi connectivity index (χ0) is 13.5. The van der Waals surface area contributed by atoms with Crippen molar-refractivity contribution >= 4 is 11.9 Å². The Hall–Kier alpha value is -1.85. The zero-order valence-corrected chi connectivity index (χ0v) is 10.6. The summed E-state index contributed by atoms with van der Waals surface area (Å²) in [4.78, 5) is 22.0. The molecule has 1 atom stereocenters. The van der Waals surface area contributed by atoms with Crippen molar-refractivity contribution < 1.29 is 19.2 Å². The molecule has 0 spiro atoms. The van der Waals surface area contributed by atoms with Crippen LogP contribution in [0.25, 0.3) is 0 Å². The van der Waals surface area contributed by atoms with Gasteiger partial charge >= 0.3 is 5.97 Å². The predicted molar refractivity (Wildman–Crippen MR) is 64.2 cm³/mol. The normalized spacial score (nSPS) is 12.1. The van der Waals surface area contributed by atoms with Gasteiger partial charge in [-0.25, -0.2) is 0 Å².